The summed E-state index contributed by atoms with van der Waals surface area (Å²) in [6.07, 6.45) is 5.34. The van der Waals surface area contributed by atoms with Gasteiger partial charge in [0.25, 0.3) is 0 Å². The maximum absolute atomic E-state index is 11.5. The fourth-order valence-corrected chi connectivity index (χ4v) is 3.86. The summed E-state index contributed by atoms with van der Waals surface area (Å²) in [4.78, 5) is 11.5. The number of carbonyl (C=O) groups excluding carboxylic acids is 1. The lowest BCUT2D eigenvalue weighted by Gasteiger charge is -2.27. The van der Waals surface area contributed by atoms with Gasteiger partial charge in [-0.1, -0.05) is 61.9 Å². The van der Waals surface area contributed by atoms with E-state index in [2.05, 4.69) is 69.3 Å². The molecule has 3 heteroatoms. The number of esters is 1. The zero-order chi connectivity index (χ0) is 24.6. The topological polar surface area (TPSA) is 35.5 Å². The number of benzene rings is 3. The van der Waals surface area contributed by atoms with Crippen molar-refractivity contribution in [3.05, 3.63) is 53.2 Å². The van der Waals surface area contributed by atoms with Gasteiger partial charge in [0, 0.05) is 12.8 Å². The van der Waals surface area contributed by atoms with Crippen LogP contribution in [0.1, 0.15) is 79.7 Å². The fraction of sp³-hybridized carbons (Fsp3) is 0.500. The summed E-state index contributed by atoms with van der Waals surface area (Å²) < 4.78 is 11.1. The highest BCUT2D eigenvalue weighted by atomic mass is 16.6. The third-order valence-electron chi connectivity index (χ3n) is 5.69. The summed E-state index contributed by atoms with van der Waals surface area (Å²) in [6, 6.07) is 15.4. The molecule has 3 aromatic rings. The SMILES string of the molecule is C/C=c1/ccc2cccc3ccc(C)c1c32.CCCCC(=O)OC(C)(C)CCOC(C)(C)C. The first-order chi connectivity index (χ1) is 15.5. The van der Waals surface area contributed by atoms with E-state index in [9.17, 15) is 4.79 Å². The lowest BCUT2D eigenvalue weighted by atomic mass is 9.96. The van der Waals surface area contributed by atoms with Gasteiger partial charge in [-0.05, 0) is 87.2 Å². The van der Waals surface area contributed by atoms with Gasteiger partial charge in [0.05, 0.1) is 12.2 Å². The van der Waals surface area contributed by atoms with Gasteiger partial charge in [0.1, 0.15) is 5.60 Å². The van der Waals surface area contributed by atoms with E-state index in [0.29, 0.717) is 13.0 Å². The van der Waals surface area contributed by atoms with E-state index in [0.717, 1.165) is 19.3 Å². The minimum Gasteiger partial charge on any atom is -0.460 e. The van der Waals surface area contributed by atoms with E-state index in [1.165, 1.54) is 32.3 Å². The van der Waals surface area contributed by atoms with Crippen LogP contribution in [0.4, 0.5) is 0 Å². The summed E-state index contributed by atoms with van der Waals surface area (Å²) in [6.45, 7) is 16.9. The van der Waals surface area contributed by atoms with Crippen LogP contribution in [-0.4, -0.2) is 23.8 Å². The Balaban J connectivity index is 0.000000233. The molecule has 0 bridgehead atoms. The summed E-state index contributed by atoms with van der Waals surface area (Å²) in [5.41, 5.74) is 0.788. The average Bonchev–Trinajstić information content (AvgIpc) is 2.73. The zero-order valence-electron chi connectivity index (χ0n) is 21.9. The van der Waals surface area contributed by atoms with E-state index in [-0.39, 0.29) is 11.6 Å². The third-order valence-corrected chi connectivity index (χ3v) is 5.69. The van der Waals surface area contributed by atoms with Crippen LogP contribution in [-0.2, 0) is 14.3 Å². The van der Waals surface area contributed by atoms with Crippen molar-refractivity contribution < 1.29 is 14.3 Å². The Morgan fingerprint density at radius 1 is 0.939 bits per heavy atom. The smallest absolute Gasteiger partial charge is 0.306 e. The van der Waals surface area contributed by atoms with Gasteiger partial charge in [-0.3, -0.25) is 4.79 Å². The van der Waals surface area contributed by atoms with Crippen LogP contribution in [0.3, 0.4) is 0 Å². The molecular formula is C30H42O3. The van der Waals surface area contributed by atoms with Crippen LogP contribution in [0.25, 0.3) is 27.6 Å². The molecule has 0 heterocycles. The van der Waals surface area contributed by atoms with Crippen molar-refractivity contribution in [2.75, 3.05) is 6.61 Å². The molecular weight excluding hydrogens is 408 g/mol. The predicted octanol–water partition coefficient (Wildman–Crippen LogP) is 7.52. The highest BCUT2D eigenvalue weighted by Gasteiger charge is 2.23. The van der Waals surface area contributed by atoms with Crippen molar-refractivity contribution >= 4 is 33.6 Å². The van der Waals surface area contributed by atoms with Gasteiger partial charge in [-0.2, -0.15) is 0 Å². The normalized spacial score (nSPS) is 12.7. The average molecular weight is 451 g/mol. The van der Waals surface area contributed by atoms with Gasteiger partial charge < -0.3 is 9.47 Å². The second kappa shape index (κ2) is 11.7. The number of rotatable bonds is 7. The largest absolute Gasteiger partial charge is 0.460 e. The predicted molar refractivity (Wildman–Crippen MR) is 142 cm³/mol. The monoisotopic (exact) mass is 450 g/mol. The maximum atomic E-state index is 11.5. The molecule has 0 radical (unpaired) electrons. The molecule has 0 fully saturated rings. The molecule has 0 aliphatic carbocycles. The van der Waals surface area contributed by atoms with Gasteiger partial charge in [-0.25, -0.2) is 0 Å². The highest BCUT2D eigenvalue weighted by Crippen LogP contribution is 2.26. The Kier molecular flexibility index (Phi) is 9.48. The van der Waals surface area contributed by atoms with Crippen molar-refractivity contribution in [1.82, 2.24) is 0 Å². The molecule has 3 rings (SSSR count). The van der Waals surface area contributed by atoms with Gasteiger partial charge in [0.2, 0.25) is 0 Å². The van der Waals surface area contributed by atoms with Crippen LogP contribution in [0.5, 0.6) is 0 Å². The minimum atomic E-state index is -0.434. The molecule has 0 atom stereocenters. The van der Waals surface area contributed by atoms with E-state index in [1.54, 1.807) is 0 Å². The van der Waals surface area contributed by atoms with Crippen molar-refractivity contribution in [2.45, 2.75) is 92.3 Å². The Morgan fingerprint density at radius 2 is 1.58 bits per heavy atom. The standard InChI is InChI=1S/C16H14.C14H28O3/c1-3-12-9-10-14-6-4-5-13-8-7-11(2)15(12)16(13)14;1-7-8-9-12(15)17-14(5,6)10-11-16-13(2,3)4/h3-10H,1-2H3;7-11H2,1-6H3/b12-3-;. The van der Waals surface area contributed by atoms with Gasteiger partial charge >= 0.3 is 5.97 Å². The quantitative estimate of drug-likeness (QED) is 0.349. The van der Waals surface area contributed by atoms with E-state index in [1.807, 2.05) is 34.6 Å². The number of hydrogen-bond donors (Lipinski definition) is 0. The second-order valence-electron chi connectivity index (χ2n) is 10.3. The molecule has 3 nitrogen and oxygen atoms in total. The Hall–Kier alpha value is -2.39. The maximum Gasteiger partial charge on any atom is 0.306 e. The molecule has 0 saturated carbocycles. The number of ether oxygens (including phenoxy) is 2. The number of unbranched alkanes of at least 4 members (excludes halogenated alkanes) is 1. The first-order valence-corrected chi connectivity index (χ1v) is 12.2. The van der Waals surface area contributed by atoms with E-state index < -0.39 is 5.60 Å². The molecule has 3 aromatic carbocycles. The lowest BCUT2D eigenvalue weighted by Crippen LogP contribution is -2.31. The molecule has 33 heavy (non-hydrogen) atoms. The van der Waals surface area contributed by atoms with Crippen LogP contribution >= 0.6 is 0 Å². The van der Waals surface area contributed by atoms with Crippen LogP contribution < -0.4 is 5.22 Å². The van der Waals surface area contributed by atoms with E-state index in [4.69, 9.17) is 9.47 Å². The first-order valence-electron chi connectivity index (χ1n) is 12.2. The molecule has 180 valence electrons. The number of hydrogen-bond acceptors (Lipinski definition) is 3. The van der Waals surface area contributed by atoms with E-state index >= 15 is 0 Å². The first kappa shape index (κ1) is 26.9. The number of aryl methyl sites for hydroxylation is 1. The Bertz CT molecular complexity index is 1090. The summed E-state index contributed by atoms with van der Waals surface area (Å²) in [7, 11) is 0. The van der Waals surface area contributed by atoms with Crippen LogP contribution in [0.2, 0.25) is 0 Å². The van der Waals surface area contributed by atoms with Crippen molar-refractivity contribution in [1.29, 1.82) is 0 Å². The van der Waals surface area contributed by atoms with Crippen molar-refractivity contribution in [3.8, 4) is 0 Å². The molecule has 0 amide bonds. The van der Waals surface area contributed by atoms with Gasteiger partial charge in [-0.15, -0.1) is 0 Å². The van der Waals surface area contributed by atoms with Crippen LogP contribution in [0, 0.1) is 6.92 Å². The molecule has 0 aromatic heterocycles. The molecule has 0 aliphatic rings. The van der Waals surface area contributed by atoms with Crippen molar-refractivity contribution in [3.63, 3.8) is 0 Å². The van der Waals surface area contributed by atoms with Crippen molar-refractivity contribution in [2.24, 2.45) is 0 Å². The third kappa shape index (κ3) is 8.16. The number of carbonyl (C=O) groups is 1. The Labute approximate surface area is 200 Å². The molecule has 0 saturated heterocycles. The van der Waals surface area contributed by atoms with Gasteiger partial charge in [0.15, 0.2) is 0 Å². The summed E-state index contributed by atoms with van der Waals surface area (Å²) in [5, 5.41) is 6.81. The molecule has 0 N–H and O–H groups in total. The summed E-state index contributed by atoms with van der Waals surface area (Å²) in [5.74, 6) is -0.104. The fourth-order valence-electron chi connectivity index (χ4n) is 3.86. The minimum absolute atomic E-state index is 0.104. The second-order valence-corrected chi connectivity index (χ2v) is 10.3. The highest BCUT2D eigenvalue weighted by molar-refractivity contribution is 6.11. The molecule has 0 unspecified atom stereocenters. The lowest BCUT2D eigenvalue weighted by molar-refractivity contribution is -0.159. The Morgan fingerprint density at radius 3 is 2.15 bits per heavy atom. The zero-order valence-corrected chi connectivity index (χ0v) is 21.9. The molecule has 0 aliphatic heterocycles. The molecule has 0 spiro atoms. The van der Waals surface area contributed by atoms with Crippen LogP contribution in [0.15, 0.2) is 42.5 Å². The summed E-state index contributed by atoms with van der Waals surface area (Å²) >= 11 is 0.